The average molecular weight is 367 g/mol. The number of ether oxygens (including phenoxy) is 1. The van der Waals surface area contributed by atoms with Crippen molar-refractivity contribution in [1.82, 2.24) is 0 Å². The van der Waals surface area contributed by atoms with E-state index < -0.39 is 22.8 Å². The number of hydrogen-bond acceptors (Lipinski definition) is 5. The smallest absolute Gasteiger partial charge is 0.270 e. The third kappa shape index (κ3) is 4.51. The number of anilines is 1. The number of hydrogen-bond donors (Lipinski definition) is 1. The monoisotopic (exact) mass is 366 g/mol. The summed E-state index contributed by atoms with van der Waals surface area (Å²) in [6.45, 7) is 1.43. The summed E-state index contributed by atoms with van der Waals surface area (Å²) in [4.78, 5) is 33.2. The van der Waals surface area contributed by atoms with Gasteiger partial charge in [-0.1, -0.05) is 11.6 Å². The van der Waals surface area contributed by atoms with Crippen molar-refractivity contribution in [2.45, 2.75) is 13.0 Å². The van der Waals surface area contributed by atoms with Crippen LogP contribution in [0.2, 0.25) is 5.02 Å². The number of rotatable bonds is 6. The van der Waals surface area contributed by atoms with Gasteiger partial charge in [0.25, 0.3) is 11.6 Å². The summed E-state index contributed by atoms with van der Waals surface area (Å²) in [6.07, 6.45) is -0.629. The maximum Gasteiger partial charge on any atom is 0.270 e. The molecule has 0 bridgehead atoms. The molecule has 0 aliphatic heterocycles. The van der Waals surface area contributed by atoms with E-state index in [0.29, 0.717) is 6.29 Å². The van der Waals surface area contributed by atoms with Crippen molar-refractivity contribution in [2.24, 2.45) is 0 Å². The lowest BCUT2D eigenvalue weighted by Crippen LogP contribution is -2.30. The highest BCUT2D eigenvalue weighted by molar-refractivity contribution is 6.31. The van der Waals surface area contributed by atoms with Gasteiger partial charge in [-0.05, 0) is 31.2 Å². The van der Waals surface area contributed by atoms with Crippen LogP contribution >= 0.6 is 11.6 Å². The molecular formula is C16H12ClFN2O5. The van der Waals surface area contributed by atoms with Gasteiger partial charge >= 0.3 is 0 Å². The highest BCUT2D eigenvalue weighted by Gasteiger charge is 2.19. The number of non-ortho nitro benzene ring substituents is 1. The van der Waals surface area contributed by atoms with Crippen molar-refractivity contribution in [3.8, 4) is 5.75 Å². The summed E-state index contributed by atoms with van der Waals surface area (Å²) in [7, 11) is 0. The highest BCUT2D eigenvalue weighted by Crippen LogP contribution is 2.24. The molecule has 2 aromatic carbocycles. The van der Waals surface area contributed by atoms with E-state index in [2.05, 4.69) is 5.32 Å². The van der Waals surface area contributed by atoms with Crippen molar-refractivity contribution < 1.29 is 23.6 Å². The lowest BCUT2D eigenvalue weighted by atomic mass is 10.2. The zero-order chi connectivity index (χ0) is 18.6. The summed E-state index contributed by atoms with van der Waals surface area (Å²) in [6, 6.07) is 7.11. The van der Waals surface area contributed by atoms with Gasteiger partial charge in [0.15, 0.2) is 12.4 Å². The van der Waals surface area contributed by atoms with Gasteiger partial charge in [0.05, 0.1) is 15.5 Å². The number of carbonyl (C=O) groups excluding carboxylic acids is 2. The van der Waals surface area contributed by atoms with E-state index in [1.807, 2.05) is 0 Å². The molecule has 0 radical (unpaired) electrons. The van der Waals surface area contributed by atoms with Crippen molar-refractivity contribution in [1.29, 1.82) is 0 Å². The number of nitrogens with one attached hydrogen (secondary N) is 1. The first-order chi connectivity index (χ1) is 11.8. The first-order valence-electron chi connectivity index (χ1n) is 6.98. The van der Waals surface area contributed by atoms with Gasteiger partial charge in [-0.3, -0.25) is 19.7 Å². The van der Waals surface area contributed by atoms with Crippen LogP contribution in [0.4, 0.5) is 15.8 Å². The molecule has 0 aliphatic rings. The van der Waals surface area contributed by atoms with Crippen LogP contribution in [0.25, 0.3) is 0 Å². The van der Waals surface area contributed by atoms with Crippen molar-refractivity contribution in [3.63, 3.8) is 0 Å². The van der Waals surface area contributed by atoms with Crippen LogP contribution in [0.1, 0.15) is 17.3 Å². The molecule has 7 nitrogen and oxygen atoms in total. The van der Waals surface area contributed by atoms with E-state index >= 15 is 0 Å². The van der Waals surface area contributed by atoms with Crippen LogP contribution in [0.3, 0.4) is 0 Å². The number of nitro groups is 1. The van der Waals surface area contributed by atoms with Gasteiger partial charge < -0.3 is 10.1 Å². The Kier molecular flexibility index (Phi) is 5.66. The van der Waals surface area contributed by atoms with E-state index in [-0.39, 0.29) is 27.7 Å². The van der Waals surface area contributed by atoms with Crippen LogP contribution in [-0.4, -0.2) is 23.2 Å². The Morgan fingerprint density at radius 3 is 2.68 bits per heavy atom. The Balaban J connectivity index is 2.11. The number of benzene rings is 2. The van der Waals surface area contributed by atoms with Gasteiger partial charge in [-0.15, -0.1) is 0 Å². The van der Waals surface area contributed by atoms with E-state index in [0.717, 1.165) is 18.2 Å². The van der Waals surface area contributed by atoms with Crippen molar-refractivity contribution >= 4 is 35.2 Å². The third-order valence-electron chi connectivity index (χ3n) is 3.19. The molecule has 0 unspecified atom stereocenters. The van der Waals surface area contributed by atoms with Gasteiger partial charge in [0, 0.05) is 17.8 Å². The average Bonchev–Trinajstić information content (AvgIpc) is 2.58. The van der Waals surface area contributed by atoms with Gasteiger partial charge in [0.1, 0.15) is 11.6 Å². The molecular weight excluding hydrogens is 355 g/mol. The maximum atomic E-state index is 13.1. The molecule has 0 fully saturated rings. The SMILES string of the molecule is C[C@@H](Oc1ccc([N+](=O)[O-])cc1C=O)C(=O)Nc1ccc(F)c(Cl)c1. The minimum Gasteiger partial charge on any atom is -0.480 e. The summed E-state index contributed by atoms with van der Waals surface area (Å²) >= 11 is 5.64. The van der Waals surface area contributed by atoms with E-state index in [9.17, 15) is 24.1 Å². The first kappa shape index (κ1) is 18.3. The standard InChI is InChI=1S/C16H12ClFN2O5/c1-9(16(22)19-11-2-4-14(18)13(17)7-11)25-15-5-3-12(20(23)24)6-10(15)8-21/h2-9H,1H3,(H,19,22)/t9-/m1/s1. The predicted molar refractivity (Wildman–Crippen MR) is 88.6 cm³/mol. The minimum absolute atomic E-state index is 0.0281. The van der Waals surface area contributed by atoms with E-state index in [1.54, 1.807) is 0 Å². The largest absolute Gasteiger partial charge is 0.480 e. The summed E-state index contributed by atoms with van der Waals surface area (Å²) < 4.78 is 18.5. The van der Waals surface area contributed by atoms with Crippen LogP contribution in [-0.2, 0) is 4.79 Å². The topological polar surface area (TPSA) is 98.5 Å². The number of aldehydes is 1. The number of nitro benzene ring substituents is 1. The van der Waals surface area contributed by atoms with Crippen LogP contribution in [0, 0.1) is 15.9 Å². The Labute approximate surface area is 146 Å². The van der Waals surface area contributed by atoms with Crippen LogP contribution in [0.15, 0.2) is 36.4 Å². The molecule has 0 saturated heterocycles. The first-order valence-corrected chi connectivity index (χ1v) is 7.36. The van der Waals surface area contributed by atoms with E-state index in [1.165, 1.54) is 25.1 Å². The summed E-state index contributed by atoms with van der Waals surface area (Å²) in [5, 5.41) is 13.0. The molecule has 0 saturated carbocycles. The minimum atomic E-state index is -1.02. The Bertz CT molecular complexity index is 843. The molecule has 1 N–H and O–H groups in total. The third-order valence-corrected chi connectivity index (χ3v) is 3.48. The molecule has 2 aromatic rings. The maximum absolute atomic E-state index is 13.1. The molecule has 9 heteroatoms. The fraction of sp³-hybridized carbons (Fsp3) is 0.125. The van der Waals surface area contributed by atoms with Gasteiger partial charge in [-0.2, -0.15) is 0 Å². The number of amides is 1. The Morgan fingerprint density at radius 2 is 2.08 bits per heavy atom. The molecule has 0 aromatic heterocycles. The number of nitrogens with zero attached hydrogens (tertiary/aromatic N) is 1. The summed E-state index contributed by atoms with van der Waals surface area (Å²) in [5.74, 6) is -1.16. The molecule has 25 heavy (non-hydrogen) atoms. The summed E-state index contributed by atoms with van der Waals surface area (Å²) in [5.41, 5.74) is -0.0580. The number of carbonyl (C=O) groups is 2. The molecule has 1 amide bonds. The highest BCUT2D eigenvalue weighted by atomic mass is 35.5. The zero-order valence-electron chi connectivity index (χ0n) is 12.9. The Morgan fingerprint density at radius 1 is 1.36 bits per heavy atom. The van der Waals surface area contributed by atoms with Crippen molar-refractivity contribution in [3.05, 3.63) is 62.9 Å². The number of halogens is 2. The second-order valence-corrected chi connectivity index (χ2v) is 5.38. The van der Waals surface area contributed by atoms with Crippen LogP contribution < -0.4 is 10.1 Å². The second kappa shape index (κ2) is 7.71. The molecule has 0 heterocycles. The zero-order valence-corrected chi connectivity index (χ0v) is 13.6. The van der Waals surface area contributed by atoms with E-state index in [4.69, 9.17) is 16.3 Å². The molecule has 1 atom stereocenters. The molecule has 0 spiro atoms. The second-order valence-electron chi connectivity index (χ2n) is 4.98. The molecule has 2 rings (SSSR count). The molecule has 130 valence electrons. The quantitative estimate of drug-likeness (QED) is 0.478. The molecule has 0 aliphatic carbocycles. The van der Waals surface area contributed by atoms with Crippen LogP contribution in [0.5, 0.6) is 5.75 Å². The fourth-order valence-electron chi connectivity index (χ4n) is 1.91. The fourth-order valence-corrected chi connectivity index (χ4v) is 2.09. The lowest BCUT2D eigenvalue weighted by Gasteiger charge is -2.16. The predicted octanol–water partition coefficient (Wildman–Crippen LogP) is 3.61. The van der Waals surface area contributed by atoms with Gasteiger partial charge in [-0.25, -0.2) is 4.39 Å². The Hall–Kier alpha value is -3.00. The lowest BCUT2D eigenvalue weighted by molar-refractivity contribution is -0.384. The van der Waals surface area contributed by atoms with Crippen molar-refractivity contribution in [2.75, 3.05) is 5.32 Å². The van der Waals surface area contributed by atoms with Gasteiger partial charge in [0.2, 0.25) is 0 Å². The normalized spacial score (nSPS) is 11.5.